The van der Waals surface area contributed by atoms with Gasteiger partial charge in [-0.2, -0.15) is 15.4 Å². The van der Waals surface area contributed by atoms with Gasteiger partial charge < -0.3 is 11.1 Å². The number of anilines is 2. The highest BCUT2D eigenvalue weighted by Crippen LogP contribution is 2.29. The van der Waals surface area contributed by atoms with E-state index in [1.807, 2.05) is 18.2 Å². The van der Waals surface area contributed by atoms with Gasteiger partial charge in [0.15, 0.2) is 5.69 Å². The summed E-state index contributed by atoms with van der Waals surface area (Å²) in [7, 11) is -3.89. The summed E-state index contributed by atoms with van der Waals surface area (Å²) in [5.74, 6) is -0.461. The second-order valence-corrected chi connectivity index (χ2v) is 9.29. The van der Waals surface area contributed by atoms with E-state index in [4.69, 9.17) is 10.9 Å². The van der Waals surface area contributed by atoms with Gasteiger partial charge in [0, 0.05) is 33.8 Å². The summed E-state index contributed by atoms with van der Waals surface area (Å²) in [6.07, 6.45) is 3.26. The normalized spacial score (nSPS) is 11.5. The number of benzene rings is 3. The molecule has 0 aliphatic carbocycles. The highest BCUT2D eigenvalue weighted by molar-refractivity contribution is 7.89. The molecule has 10 nitrogen and oxygen atoms in total. The fraction of sp³-hybridized carbons (Fsp3) is 0. The highest BCUT2D eigenvalue weighted by Gasteiger charge is 2.19. The van der Waals surface area contributed by atoms with Crippen LogP contribution in [0.15, 0.2) is 84.0 Å². The number of amides is 1. The van der Waals surface area contributed by atoms with Gasteiger partial charge in [0.1, 0.15) is 5.69 Å². The lowest BCUT2D eigenvalue weighted by Gasteiger charge is -2.09. The third-order valence-corrected chi connectivity index (χ3v) is 6.44. The Morgan fingerprint density at radius 1 is 0.914 bits per heavy atom. The molecule has 1 amide bonds. The largest absolute Gasteiger partial charge is 0.397 e. The molecule has 2 aromatic heterocycles. The zero-order valence-electron chi connectivity index (χ0n) is 18.1. The molecule has 2 heterocycles. The second-order valence-electron chi connectivity index (χ2n) is 7.76. The summed E-state index contributed by atoms with van der Waals surface area (Å²) in [4.78, 5) is 17.1. The molecule has 0 unspecified atom stereocenters. The van der Waals surface area contributed by atoms with E-state index in [-0.39, 0.29) is 10.6 Å². The second kappa shape index (κ2) is 8.63. The SMILES string of the molecule is Nc1cncc2cc(-c3n[nH]nc3C(=O)Nc3ccc(-c4ccccc4S(N)(=O)=O)cc3)ccc12. The quantitative estimate of drug-likeness (QED) is 0.296. The van der Waals surface area contributed by atoms with E-state index in [0.717, 1.165) is 10.8 Å². The molecular formula is C24H19N7O3S. The number of aromatic nitrogens is 4. The number of nitrogen functional groups attached to an aromatic ring is 1. The number of nitrogens with two attached hydrogens (primary N) is 2. The van der Waals surface area contributed by atoms with E-state index in [1.165, 1.54) is 6.07 Å². The number of pyridine rings is 1. The fourth-order valence-corrected chi connectivity index (χ4v) is 4.57. The minimum Gasteiger partial charge on any atom is -0.397 e. The average molecular weight is 486 g/mol. The maximum absolute atomic E-state index is 13.0. The van der Waals surface area contributed by atoms with E-state index in [9.17, 15) is 13.2 Å². The Kier molecular flexibility index (Phi) is 5.47. The number of carbonyl (C=O) groups excluding carboxylic acids is 1. The Morgan fingerprint density at radius 3 is 2.43 bits per heavy atom. The Morgan fingerprint density at radius 2 is 1.66 bits per heavy atom. The van der Waals surface area contributed by atoms with Crippen molar-refractivity contribution in [3.8, 4) is 22.4 Å². The van der Waals surface area contributed by atoms with Gasteiger partial charge in [0.05, 0.1) is 16.8 Å². The number of carbonyl (C=O) groups is 1. The molecule has 6 N–H and O–H groups in total. The number of nitrogens with zero attached hydrogens (tertiary/aromatic N) is 3. The lowest BCUT2D eigenvalue weighted by Crippen LogP contribution is -2.14. The van der Waals surface area contributed by atoms with E-state index in [1.54, 1.807) is 54.9 Å². The first kappa shape index (κ1) is 22.2. The first-order valence-electron chi connectivity index (χ1n) is 10.4. The predicted molar refractivity (Wildman–Crippen MR) is 133 cm³/mol. The number of hydrogen-bond donors (Lipinski definition) is 4. The molecule has 0 atom stereocenters. The molecule has 0 spiro atoms. The van der Waals surface area contributed by atoms with Crippen molar-refractivity contribution in [1.82, 2.24) is 20.4 Å². The molecule has 5 aromatic rings. The minimum atomic E-state index is -3.89. The van der Waals surface area contributed by atoms with Crippen LogP contribution < -0.4 is 16.2 Å². The number of nitrogens with one attached hydrogen (secondary N) is 2. The smallest absolute Gasteiger partial charge is 0.278 e. The number of rotatable bonds is 5. The number of fused-ring (bicyclic) bond motifs is 1. The van der Waals surface area contributed by atoms with Gasteiger partial charge in [0.25, 0.3) is 5.91 Å². The summed E-state index contributed by atoms with van der Waals surface area (Å²) in [5.41, 5.74) is 9.31. The maximum Gasteiger partial charge on any atom is 0.278 e. The van der Waals surface area contributed by atoms with Crippen molar-refractivity contribution in [2.45, 2.75) is 4.90 Å². The van der Waals surface area contributed by atoms with Gasteiger partial charge >= 0.3 is 0 Å². The predicted octanol–water partition coefficient (Wildman–Crippen LogP) is 3.17. The van der Waals surface area contributed by atoms with Gasteiger partial charge in [-0.1, -0.05) is 42.5 Å². The lowest BCUT2D eigenvalue weighted by atomic mass is 10.0. The molecule has 0 aliphatic rings. The van der Waals surface area contributed by atoms with Crippen LogP contribution in [0.3, 0.4) is 0 Å². The Labute approximate surface area is 200 Å². The van der Waals surface area contributed by atoms with E-state index in [0.29, 0.717) is 33.8 Å². The van der Waals surface area contributed by atoms with Gasteiger partial charge in [-0.05, 0) is 29.8 Å². The monoisotopic (exact) mass is 485 g/mol. The molecule has 0 radical (unpaired) electrons. The Bertz CT molecular complexity index is 1680. The van der Waals surface area contributed by atoms with E-state index >= 15 is 0 Å². The molecule has 0 saturated carbocycles. The standard InChI is InChI=1S/C24H19N7O3S/c25-20-13-27-12-16-11-15(7-10-18(16)20)22-23(30-31-29-22)24(32)28-17-8-5-14(6-9-17)19-3-1-2-4-21(19)35(26,33)34/h1-13H,25H2,(H,28,32)(H2,26,33,34)(H,29,30,31). The van der Waals surface area contributed by atoms with Gasteiger partial charge in [0.2, 0.25) is 10.0 Å². The van der Waals surface area contributed by atoms with Gasteiger partial charge in [-0.15, -0.1) is 0 Å². The fourth-order valence-electron chi connectivity index (χ4n) is 3.81. The van der Waals surface area contributed by atoms with Gasteiger partial charge in [-0.25, -0.2) is 13.6 Å². The summed E-state index contributed by atoms with van der Waals surface area (Å²) >= 11 is 0. The third-order valence-electron chi connectivity index (χ3n) is 5.47. The van der Waals surface area contributed by atoms with Crippen molar-refractivity contribution >= 4 is 38.1 Å². The number of H-pyrrole nitrogens is 1. The number of primary sulfonamides is 1. The van der Waals surface area contributed by atoms with Crippen LogP contribution in [-0.2, 0) is 10.0 Å². The Balaban J connectivity index is 1.40. The minimum absolute atomic E-state index is 0.0244. The van der Waals surface area contributed by atoms with Crippen molar-refractivity contribution in [2.75, 3.05) is 11.1 Å². The molecular weight excluding hydrogens is 466 g/mol. The number of hydrogen-bond acceptors (Lipinski definition) is 7. The summed E-state index contributed by atoms with van der Waals surface area (Å²) in [6.45, 7) is 0. The average Bonchev–Trinajstić information content (AvgIpc) is 3.34. The topological polar surface area (TPSA) is 170 Å². The Hall–Kier alpha value is -4.61. The van der Waals surface area contributed by atoms with Crippen LogP contribution in [0.25, 0.3) is 33.2 Å². The van der Waals surface area contributed by atoms with Crippen LogP contribution >= 0.6 is 0 Å². The first-order chi connectivity index (χ1) is 16.8. The van der Waals surface area contributed by atoms with Crippen LogP contribution in [0.1, 0.15) is 10.5 Å². The molecule has 11 heteroatoms. The molecule has 0 saturated heterocycles. The van der Waals surface area contributed by atoms with Gasteiger partial charge in [-0.3, -0.25) is 9.78 Å². The molecule has 0 bridgehead atoms. The van der Waals surface area contributed by atoms with E-state index < -0.39 is 15.9 Å². The zero-order valence-corrected chi connectivity index (χ0v) is 19.0. The number of aromatic amines is 1. The molecule has 35 heavy (non-hydrogen) atoms. The first-order valence-corrected chi connectivity index (χ1v) is 11.9. The van der Waals surface area contributed by atoms with Crippen LogP contribution in [0.2, 0.25) is 0 Å². The summed E-state index contributed by atoms with van der Waals surface area (Å²) in [5, 5.41) is 20.5. The zero-order chi connectivity index (χ0) is 24.6. The van der Waals surface area contributed by atoms with Crippen molar-refractivity contribution in [2.24, 2.45) is 5.14 Å². The highest BCUT2D eigenvalue weighted by atomic mass is 32.2. The van der Waals surface area contributed by atoms with Crippen molar-refractivity contribution in [1.29, 1.82) is 0 Å². The molecule has 5 rings (SSSR count). The number of sulfonamides is 1. The van der Waals surface area contributed by atoms with Crippen LogP contribution in [0.4, 0.5) is 11.4 Å². The summed E-state index contributed by atoms with van der Waals surface area (Å²) in [6, 6.07) is 18.7. The van der Waals surface area contributed by atoms with Crippen LogP contribution in [0, 0.1) is 0 Å². The molecule has 0 fully saturated rings. The van der Waals surface area contributed by atoms with E-state index in [2.05, 4.69) is 25.7 Å². The van der Waals surface area contributed by atoms with Crippen molar-refractivity contribution < 1.29 is 13.2 Å². The molecule has 3 aromatic carbocycles. The molecule has 0 aliphatic heterocycles. The summed E-state index contributed by atoms with van der Waals surface area (Å²) < 4.78 is 23.8. The van der Waals surface area contributed by atoms with Crippen LogP contribution in [-0.4, -0.2) is 34.7 Å². The van der Waals surface area contributed by atoms with Crippen molar-refractivity contribution in [3.63, 3.8) is 0 Å². The lowest BCUT2D eigenvalue weighted by molar-refractivity contribution is 0.102. The van der Waals surface area contributed by atoms with Crippen LogP contribution in [0.5, 0.6) is 0 Å². The maximum atomic E-state index is 13.0. The third kappa shape index (κ3) is 4.33. The van der Waals surface area contributed by atoms with Crippen molar-refractivity contribution in [3.05, 3.63) is 84.8 Å². The molecule has 174 valence electrons.